The molecule has 1 aliphatic heterocycles. The second-order valence-electron chi connectivity index (χ2n) is 1.96. The Bertz CT molecular complexity index is 215. The van der Waals surface area contributed by atoms with Crippen molar-refractivity contribution in [2.45, 2.75) is 6.10 Å². The lowest BCUT2D eigenvalue weighted by Crippen LogP contribution is -1.69. The number of rotatable bonds is 1. The fraction of sp³-hybridized carbons (Fsp3) is 0.333. The van der Waals surface area contributed by atoms with Crippen LogP contribution in [0.2, 0.25) is 0 Å². The van der Waals surface area contributed by atoms with Gasteiger partial charge in [0.2, 0.25) is 0 Å². The molecule has 0 unspecified atom stereocenters. The Morgan fingerprint density at radius 2 is 2.33 bits per heavy atom. The average Bonchev–Trinajstić information content (AvgIpc) is 2.58. The SMILES string of the molecule is Brc1ccc([C@H]2CO2)o1. The second-order valence-corrected chi connectivity index (χ2v) is 2.75. The van der Waals surface area contributed by atoms with Crippen LogP contribution in [-0.2, 0) is 4.74 Å². The number of epoxide rings is 1. The molecule has 1 aromatic rings. The zero-order valence-electron chi connectivity index (χ0n) is 4.63. The van der Waals surface area contributed by atoms with E-state index in [0.29, 0.717) is 0 Å². The molecule has 1 aromatic heterocycles. The van der Waals surface area contributed by atoms with E-state index in [4.69, 9.17) is 9.15 Å². The van der Waals surface area contributed by atoms with Crippen LogP contribution in [0, 0.1) is 0 Å². The van der Waals surface area contributed by atoms with Gasteiger partial charge in [-0.1, -0.05) is 0 Å². The summed E-state index contributed by atoms with van der Waals surface area (Å²) in [6, 6.07) is 3.79. The maximum atomic E-state index is 5.20. The van der Waals surface area contributed by atoms with Crippen molar-refractivity contribution in [1.29, 1.82) is 0 Å². The number of hydrogen-bond acceptors (Lipinski definition) is 2. The summed E-state index contributed by atoms with van der Waals surface area (Å²) in [5.74, 6) is 0.918. The maximum Gasteiger partial charge on any atom is 0.169 e. The first-order valence-corrected chi connectivity index (χ1v) is 3.52. The first-order chi connectivity index (χ1) is 4.36. The fourth-order valence-electron chi connectivity index (χ4n) is 0.714. The van der Waals surface area contributed by atoms with Gasteiger partial charge < -0.3 is 9.15 Å². The van der Waals surface area contributed by atoms with Crippen LogP contribution < -0.4 is 0 Å². The van der Waals surface area contributed by atoms with Gasteiger partial charge in [-0.3, -0.25) is 0 Å². The van der Waals surface area contributed by atoms with Crippen LogP contribution in [0.1, 0.15) is 11.9 Å². The van der Waals surface area contributed by atoms with E-state index in [1.165, 1.54) is 0 Å². The third-order valence-electron chi connectivity index (χ3n) is 1.24. The third kappa shape index (κ3) is 1.02. The first kappa shape index (κ1) is 5.50. The number of hydrogen-bond donors (Lipinski definition) is 0. The predicted octanol–water partition coefficient (Wildman–Crippen LogP) is 2.11. The lowest BCUT2D eigenvalue weighted by atomic mass is 10.4. The van der Waals surface area contributed by atoms with E-state index in [0.717, 1.165) is 17.0 Å². The van der Waals surface area contributed by atoms with E-state index in [1.54, 1.807) is 0 Å². The van der Waals surface area contributed by atoms with Gasteiger partial charge in [0.15, 0.2) is 4.67 Å². The Balaban J connectivity index is 2.28. The molecule has 0 amide bonds. The lowest BCUT2D eigenvalue weighted by molar-refractivity contribution is 0.365. The summed E-state index contributed by atoms with van der Waals surface area (Å²) in [5, 5.41) is 0. The summed E-state index contributed by atoms with van der Waals surface area (Å²) < 4.78 is 11.0. The molecule has 0 radical (unpaired) electrons. The van der Waals surface area contributed by atoms with Crippen LogP contribution in [0.25, 0.3) is 0 Å². The van der Waals surface area contributed by atoms with Crippen LogP contribution in [0.5, 0.6) is 0 Å². The zero-order chi connectivity index (χ0) is 6.27. The Kier molecular flexibility index (Phi) is 1.13. The van der Waals surface area contributed by atoms with Crippen LogP contribution in [0.3, 0.4) is 0 Å². The van der Waals surface area contributed by atoms with Crippen molar-refractivity contribution >= 4 is 15.9 Å². The molecule has 0 N–H and O–H groups in total. The molecule has 2 nitrogen and oxygen atoms in total. The van der Waals surface area contributed by atoms with E-state index in [-0.39, 0.29) is 6.10 Å². The fourth-order valence-corrected chi connectivity index (χ4v) is 1.03. The van der Waals surface area contributed by atoms with Crippen molar-refractivity contribution in [3.63, 3.8) is 0 Å². The summed E-state index contributed by atoms with van der Waals surface area (Å²) in [6.07, 6.45) is 0.233. The van der Waals surface area contributed by atoms with Gasteiger partial charge in [-0.05, 0) is 28.1 Å². The minimum absolute atomic E-state index is 0.233. The topological polar surface area (TPSA) is 25.7 Å². The van der Waals surface area contributed by atoms with Crippen molar-refractivity contribution in [3.8, 4) is 0 Å². The van der Waals surface area contributed by atoms with Crippen LogP contribution in [0.15, 0.2) is 21.2 Å². The summed E-state index contributed by atoms with van der Waals surface area (Å²) in [4.78, 5) is 0. The average molecular weight is 189 g/mol. The van der Waals surface area contributed by atoms with Gasteiger partial charge in [-0.25, -0.2) is 0 Å². The molecule has 1 aliphatic rings. The summed E-state index contributed by atoms with van der Waals surface area (Å²) >= 11 is 3.21. The van der Waals surface area contributed by atoms with Gasteiger partial charge in [0.1, 0.15) is 11.9 Å². The molecule has 0 saturated carbocycles. The normalized spacial score (nSPS) is 24.3. The molecule has 0 aliphatic carbocycles. The van der Waals surface area contributed by atoms with E-state index < -0.39 is 0 Å². The van der Waals surface area contributed by atoms with E-state index >= 15 is 0 Å². The quantitative estimate of drug-likeness (QED) is 0.632. The van der Waals surface area contributed by atoms with Gasteiger partial charge in [0, 0.05) is 0 Å². The van der Waals surface area contributed by atoms with Crippen molar-refractivity contribution in [1.82, 2.24) is 0 Å². The van der Waals surface area contributed by atoms with Gasteiger partial charge in [-0.15, -0.1) is 0 Å². The maximum absolute atomic E-state index is 5.20. The zero-order valence-corrected chi connectivity index (χ0v) is 6.22. The Labute approximate surface area is 60.9 Å². The van der Waals surface area contributed by atoms with Gasteiger partial charge in [-0.2, -0.15) is 0 Å². The third-order valence-corrected chi connectivity index (χ3v) is 1.67. The molecule has 0 bridgehead atoms. The van der Waals surface area contributed by atoms with Crippen LogP contribution in [0.4, 0.5) is 0 Å². The summed E-state index contributed by atoms with van der Waals surface area (Å²) in [6.45, 7) is 0.806. The highest BCUT2D eigenvalue weighted by Crippen LogP contribution is 2.31. The molecule has 48 valence electrons. The van der Waals surface area contributed by atoms with E-state index in [2.05, 4.69) is 15.9 Å². The van der Waals surface area contributed by atoms with Gasteiger partial charge >= 0.3 is 0 Å². The van der Waals surface area contributed by atoms with Crippen LogP contribution in [-0.4, -0.2) is 6.61 Å². The standard InChI is InChI=1S/C6H5BrO2/c7-6-2-1-4(9-6)5-3-8-5/h1-2,5H,3H2/t5-/m1/s1. The summed E-state index contributed by atoms with van der Waals surface area (Å²) in [7, 11) is 0. The molecular formula is C6H5BrO2. The molecule has 9 heavy (non-hydrogen) atoms. The van der Waals surface area contributed by atoms with E-state index in [1.807, 2.05) is 12.1 Å². The van der Waals surface area contributed by atoms with Crippen molar-refractivity contribution in [2.75, 3.05) is 6.61 Å². The largest absolute Gasteiger partial charge is 0.452 e. The lowest BCUT2D eigenvalue weighted by Gasteiger charge is -1.82. The highest BCUT2D eigenvalue weighted by Gasteiger charge is 2.27. The smallest absolute Gasteiger partial charge is 0.169 e. The highest BCUT2D eigenvalue weighted by atomic mass is 79.9. The van der Waals surface area contributed by atoms with Gasteiger partial charge in [0.25, 0.3) is 0 Å². The molecule has 1 atom stereocenters. The van der Waals surface area contributed by atoms with Crippen molar-refractivity contribution < 1.29 is 9.15 Å². The molecule has 1 saturated heterocycles. The van der Waals surface area contributed by atoms with E-state index in [9.17, 15) is 0 Å². The number of ether oxygens (including phenoxy) is 1. The molecule has 0 spiro atoms. The Morgan fingerprint density at radius 3 is 2.78 bits per heavy atom. The first-order valence-electron chi connectivity index (χ1n) is 2.73. The number of furan rings is 1. The van der Waals surface area contributed by atoms with Gasteiger partial charge in [0.05, 0.1) is 6.61 Å². The van der Waals surface area contributed by atoms with Crippen LogP contribution >= 0.6 is 15.9 Å². The molecule has 2 rings (SSSR count). The number of halogens is 1. The molecule has 1 fully saturated rings. The second kappa shape index (κ2) is 1.85. The predicted molar refractivity (Wildman–Crippen MR) is 35.1 cm³/mol. The minimum atomic E-state index is 0.233. The Morgan fingerprint density at radius 1 is 1.56 bits per heavy atom. The minimum Gasteiger partial charge on any atom is -0.452 e. The molecule has 3 heteroatoms. The monoisotopic (exact) mass is 188 g/mol. The highest BCUT2D eigenvalue weighted by molar-refractivity contribution is 9.10. The Hall–Kier alpha value is -0.280. The molecular weight excluding hydrogens is 184 g/mol. The van der Waals surface area contributed by atoms with Crippen molar-refractivity contribution in [2.24, 2.45) is 0 Å². The summed E-state index contributed by atoms with van der Waals surface area (Å²) in [5.41, 5.74) is 0. The molecule has 0 aromatic carbocycles. The molecule has 2 heterocycles. The van der Waals surface area contributed by atoms with Crippen molar-refractivity contribution in [3.05, 3.63) is 22.6 Å².